The maximum absolute atomic E-state index is 12.9. The average Bonchev–Trinajstić information content (AvgIpc) is 2.05. The molecular formula is C7H6BrClFN. The highest BCUT2D eigenvalue weighted by atomic mass is 79.9. The molecule has 0 aliphatic carbocycles. The Labute approximate surface area is 77.7 Å². The predicted octanol–water partition coefficient (Wildman–Crippen LogP) is 3.14. The minimum absolute atomic E-state index is 0.288. The van der Waals surface area contributed by atoms with Crippen molar-refractivity contribution < 1.29 is 4.39 Å². The Hall–Kier alpha value is -0.150. The van der Waals surface area contributed by atoms with Crippen molar-refractivity contribution in [3.8, 4) is 0 Å². The van der Waals surface area contributed by atoms with Crippen LogP contribution in [0.4, 0.5) is 4.39 Å². The van der Waals surface area contributed by atoms with Gasteiger partial charge in [-0.15, -0.1) is 0 Å². The third-order valence-corrected chi connectivity index (χ3v) is 2.04. The van der Waals surface area contributed by atoms with Crippen LogP contribution in [0.25, 0.3) is 0 Å². The standard InChI is InChI=1S/C7H6BrClFN/c8-3-6(10)5-1-2-7(9)11-4-5/h1-2,4,6H,3H2. The molecule has 0 aliphatic rings. The van der Waals surface area contributed by atoms with Crippen LogP contribution in [-0.2, 0) is 0 Å². The van der Waals surface area contributed by atoms with Crippen molar-refractivity contribution >= 4 is 27.5 Å². The minimum Gasteiger partial charge on any atom is -0.244 e. The molecular weight excluding hydrogens is 232 g/mol. The molecule has 0 aromatic carbocycles. The summed E-state index contributed by atoms with van der Waals surface area (Å²) in [5, 5.41) is 0.673. The fourth-order valence-electron chi connectivity index (χ4n) is 0.662. The molecule has 1 nitrogen and oxygen atoms in total. The highest BCUT2D eigenvalue weighted by Crippen LogP contribution is 2.19. The maximum Gasteiger partial charge on any atom is 0.136 e. The molecule has 0 spiro atoms. The maximum atomic E-state index is 12.9. The summed E-state index contributed by atoms with van der Waals surface area (Å²) in [5.74, 6) is 0. The summed E-state index contributed by atoms with van der Waals surface area (Å²) in [5.41, 5.74) is 0.547. The highest BCUT2D eigenvalue weighted by Gasteiger charge is 2.06. The summed E-state index contributed by atoms with van der Waals surface area (Å²) in [4.78, 5) is 3.75. The topological polar surface area (TPSA) is 12.9 Å². The Morgan fingerprint density at radius 2 is 2.36 bits per heavy atom. The van der Waals surface area contributed by atoms with Crippen molar-refractivity contribution in [3.05, 3.63) is 29.0 Å². The van der Waals surface area contributed by atoms with Crippen molar-refractivity contribution in [1.29, 1.82) is 0 Å². The van der Waals surface area contributed by atoms with Crippen LogP contribution in [-0.4, -0.2) is 10.3 Å². The Balaban J connectivity index is 2.81. The first-order valence-electron chi connectivity index (χ1n) is 3.05. The average molecular weight is 238 g/mol. The summed E-state index contributed by atoms with van der Waals surface area (Å²) in [6, 6.07) is 3.20. The van der Waals surface area contributed by atoms with E-state index < -0.39 is 6.17 Å². The van der Waals surface area contributed by atoms with Gasteiger partial charge in [-0.2, -0.15) is 0 Å². The number of hydrogen-bond donors (Lipinski definition) is 0. The number of pyridine rings is 1. The summed E-state index contributed by atoms with van der Waals surface area (Å²) in [6.07, 6.45) is 0.439. The Morgan fingerprint density at radius 1 is 1.64 bits per heavy atom. The lowest BCUT2D eigenvalue weighted by Crippen LogP contribution is -1.92. The van der Waals surface area contributed by atoms with Gasteiger partial charge in [-0.05, 0) is 6.07 Å². The molecule has 1 rings (SSSR count). The molecule has 0 fully saturated rings. The molecule has 60 valence electrons. The van der Waals surface area contributed by atoms with E-state index in [4.69, 9.17) is 11.6 Å². The molecule has 1 unspecified atom stereocenters. The van der Waals surface area contributed by atoms with Gasteiger partial charge in [-0.3, -0.25) is 0 Å². The van der Waals surface area contributed by atoms with Crippen LogP contribution in [0, 0.1) is 0 Å². The fraction of sp³-hybridized carbons (Fsp3) is 0.286. The van der Waals surface area contributed by atoms with E-state index in [0.717, 1.165) is 0 Å². The molecule has 1 atom stereocenters. The smallest absolute Gasteiger partial charge is 0.136 e. The van der Waals surface area contributed by atoms with Crippen molar-refractivity contribution in [1.82, 2.24) is 4.98 Å². The van der Waals surface area contributed by atoms with E-state index in [1.165, 1.54) is 6.20 Å². The number of rotatable bonds is 2. The zero-order valence-electron chi connectivity index (χ0n) is 5.60. The number of alkyl halides is 2. The monoisotopic (exact) mass is 237 g/mol. The minimum atomic E-state index is -1.00. The van der Waals surface area contributed by atoms with Gasteiger partial charge in [-0.1, -0.05) is 33.6 Å². The van der Waals surface area contributed by atoms with Gasteiger partial charge in [0.2, 0.25) is 0 Å². The second-order valence-corrected chi connectivity index (χ2v) is 3.07. The third kappa shape index (κ3) is 2.42. The number of halogens is 3. The Kier molecular flexibility index (Phi) is 3.27. The molecule has 4 heteroatoms. The molecule has 0 radical (unpaired) electrons. The first-order chi connectivity index (χ1) is 5.24. The quantitative estimate of drug-likeness (QED) is 0.570. The first-order valence-corrected chi connectivity index (χ1v) is 4.55. The molecule has 0 saturated heterocycles. The zero-order valence-corrected chi connectivity index (χ0v) is 7.94. The van der Waals surface area contributed by atoms with Gasteiger partial charge in [-0.25, -0.2) is 9.37 Å². The molecule has 0 saturated carbocycles. The molecule has 1 aromatic heterocycles. The summed E-state index contributed by atoms with van der Waals surface area (Å²) in [6.45, 7) is 0. The Bertz CT molecular complexity index is 226. The largest absolute Gasteiger partial charge is 0.244 e. The van der Waals surface area contributed by atoms with E-state index in [1.54, 1.807) is 12.1 Å². The first kappa shape index (κ1) is 8.94. The van der Waals surface area contributed by atoms with Crippen LogP contribution in [0.5, 0.6) is 0 Å². The van der Waals surface area contributed by atoms with Crippen molar-refractivity contribution in [3.63, 3.8) is 0 Å². The van der Waals surface area contributed by atoms with Crippen LogP contribution in [0.15, 0.2) is 18.3 Å². The third-order valence-electron chi connectivity index (χ3n) is 1.25. The lowest BCUT2D eigenvalue weighted by Gasteiger charge is -2.02. The van der Waals surface area contributed by atoms with E-state index in [1.807, 2.05) is 0 Å². The van der Waals surface area contributed by atoms with Gasteiger partial charge < -0.3 is 0 Å². The SMILES string of the molecule is FC(CBr)c1ccc(Cl)nc1. The zero-order chi connectivity index (χ0) is 8.27. The molecule has 1 heterocycles. The van der Waals surface area contributed by atoms with Crippen LogP contribution in [0.2, 0.25) is 5.15 Å². The van der Waals surface area contributed by atoms with Gasteiger partial charge in [0.25, 0.3) is 0 Å². The van der Waals surface area contributed by atoms with E-state index in [2.05, 4.69) is 20.9 Å². The highest BCUT2D eigenvalue weighted by molar-refractivity contribution is 9.09. The number of nitrogens with zero attached hydrogens (tertiary/aromatic N) is 1. The van der Waals surface area contributed by atoms with Crippen LogP contribution >= 0.6 is 27.5 Å². The van der Waals surface area contributed by atoms with E-state index >= 15 is 0 Å². The molecule has 11 heavy (non-hydrogen) atoms. The van der Waals surface area contributed by atoms with Crippen molar-refractivity contribution in [2.45, 2.75) is 6.17 Å². The molecule has 0 aliphatic heterocycles. The van der Waals surface area contributed by atoms with Crippen LogP contribution < -0.4 is 0 Å². The van der Waals surface area contributed by atoms with Gasteiger partial charge in [0.1, 0.15) is 11.3 Å². The summed E-state index contributed by atoms with van der Waals surface area (Å²) in [7, 11) is 0. The van der Waals surface area contributed by atoms with Gasteiger partial charge >= 0.3 is 0 Å². The lowest BCUT2D eigenvalue weighted by atomic mass is 10.2. The second kappa shape index (κ2) is 4.02. The number of aromatic nitrogens is 1. The lowest BCUT2D eigenvalue weighted by molar-refractivity contribution is 0.382. The normalized spacial score (nSPS) is 13.0. The van der Waals surface area contributed by atoms with E-state index in [9.17, 15) is 4.39 Å². The van der Waals surface area contributed by atoms with Crippen molar-refractivity contribution in [2.75, 3.05) is 5.33 Å². The number of hydrogen-bond acceptors (Lipinski definition) is 1. The van der Waals surface area contributed by atoms with Gasteiger partial charge in [0.15, 0.2) is 0 Å². The van der Waals surface area contributed by atoms with E-state index in [0.29, 0.717) is 10.7 Å². The van der Waals surface area contributed by atoms with Crippen LogP contribution in [0.1, 0.15) is 11.7 Å². The Morgan fingerprint density at radius 3 is 2.82 bits per heavy atom. The van der Waals surface area contributed by atoms with Gasteiger partial charge in [0, 0.05) is 17.1 Å². The molecule has 0 amide bonds. The molecule has 0 bridgehead atoms. The van der Waals surface area contributed by atoms with Gasteiger partial charge in [0.05, 0.1) is 0 Å². The second-order valence-electron chi connectivity index (χ2n) is 2.04. The predicted molar refractivity (Wildman–Crippen MR) is 46.9 cm³/mol. The van der Waals surface area contributed by atoms with E-state index in [-0.39, 0.29) is 5.33 Å². The molecule has 1 aromatic rings. The summed E-state index contributed by atoms with van der Waals surface area (Å²) < 4.78 is 12.9. The fourth-order valence-corrected chi connectivity index (χ4v) is 1.15. The van der Waals surface area contributed by atoms with Crippen LogP contribution in [0.3, 0.4) is 0 Å². The molecule has 0 N–H and O–H groups in total. The summed E-state index contributed by atoms with van der Waals surface area (Å²) >= 11 is 8.55. The van der Waals surface area contributed by atoms with Crippen molar-refractivity contribution in [2.24, 2.45) is 0 Å².